The van der Waals surface area contributed by atoms with Gasteiger partial charge >= 0.3 is 0 Å². The molecule has 1 N–H and O–H groups in total. The van der Waals surface area contributed by atoms with Crippen LogP contribution in [0.5, 0.6) is 0 Å². The minimum Gasteiger partial charge on any atom is -0.381 e. The highest BCUT2D eigenvalue weighted by Gasteiger charge is 2.40. The van der Waals surface area contributed by atoms with Crippen LogP contribution in [0.1, 0.15) is 25.3 Å². The van der Waals surface area contributed by atoms with Gasteiger partial charge in [-0.05, 0) is 38.1 Å². The first-order valence-electron chi connectivity index (χ1n) is 7.44. The largest absolute Gasteiger partial charge is 0.381 e. The maximum atomic E-state index is 13.4. The van der Waals surface area contributed by atoms with Crippen molar-refractivity contribution in [2.75, 3.05) is 26.9 Å². The summed E-state index contributed by atoms with van der Waals surface area (Å²) in [4.78, 5) is 0. The van der Waals surface area contributed by atoms with Gasteiger partial charge in [0, 0.05) is 38.7 Å². The number of hydrogen-bond donors (Lipinski definition) is 1. The molecule has 1 atom stereocenters. The van der Waals surface area contributed by atoms with Crippen LogP contribution < -0.4 is 5.32 Å². The lowest BCUT2D eigenvalue weighted by molar-refractivity contribution is -0.125. The van der Waals surface area contributed by atoms with E-state index in [1.165, 1.54) is 12.1 Å². The molecule has 1 aromatic carbocycles. The SMILES string of the molecule is CCOC1(C(Cc2ccc(F)c(F)c2)NC)CCOCC1. The molecule has 21 heavy (non-hydrogen) atoms. The van der Waals surface area contributed by atoms with Crippen molar-refractivity contribution < 1.29 is 18.3 Å². The van der Waals surface area contributed by atoms with E-state index >= 15 is 0 Å². The van der Waals surface area contributed by atoms with E-state index in [2.05, 4.69) is 5.32 Å². The summed E-state index contributed by atoms with van der Waals surface area (Å²) in [6, 6.07) is 4.10. The fourth-order valence-electron chi connectivity index (χ4n) is 3.05. The first-order valence-corrected chi connectivity index (χ1v) is 7.44. The van der Waals surface area contributed by atoms with Crippen molar-refractivity contribution in [3.63, 3.8) is 0 Å². The smallest absolute Gasteiger partial charge is 0.159 e. The summed E-state index contributed by atoms with van der Waals surface area (Å²) in [6.45, 7) is 3.92. The van der Waals surface area contributed by atoms with Crippen molar-refractivity contribution in [2.45, 2.75) is 37.8 Å². The zero-order valence-electron chi connectivity index (χ0n) is 12.6. The average molecular weight is 299 g/mol. The molecule has 1 unspecified atom stereocenters. The Kier molecular flexibility index (Phi) is 5.67. The average Bonchev–Trinajstić information content (AvgIpc) is 2.49. The van der Waals surface area contributed by atoms with Crippen LogP contribution in [0, 0.1) is 11.6 Å². The number of ether oxygens (including phenoxy) is 2. The minimum atomic E-state index is -0.814. The maximum absolute atomic E-state index is 13.4. The Bertz CT molecular complexity index is 456. The van der Waals surface area contributed by atoms with Crippen molar-refractivity contribution in [1.29, 1.82) is 0 Å². The predicted molar refractivity (Wildman–Crippen MR) is 77.3 cm³/mol. The highest BCUT2D eigenvalue weighted by atomic mass is 19.2. The van der Waals surface area contributed by atoms with Crippen LogP contribution in [0.4, 0.5) is 8.78 Å². The molecule has 5 heteroatoms. The van der Waals surface area contributed by atoms with E-state index in [0.29, 0.717) is 26.2 Å². The van der Waals surface area contributed by atoms with Crippen LogP contribution in [-0.4, -0.2) is 38.5 Å². The normalized spacial score (nSPS) is 19.4. The standard InChI is InChI=1S/C16H23F2NO2/c1-3-21-16(6-8-20-9-7-16)15(19-2)11-12-4-5-13(17)14(18)10-12/h4-5,10,15,19H,3,6-9,11H2,1-2H3. The number of likely N-dealkylation sites (N-methyl/N-ethyl adjacent to an activating group) is 1. The molecule has 0 saturated carbocycles. The van der Waals surface area contributed by atoms with E-state index in [9.17, 15) is 8.78 Å². The van der Waals surface area contributed by atoms with Crippen LogP contribution in [0.25, 0.3) is 0 Å². The van der Waals surface area contributed by atoms with Crippen molar-refractivity contribution in [2.24, 2.45) is 0 Å². The Hall–Kier alpha value is -1.04. The molecule has 1 aromatic rings. The Morgan fingerprint density at radius 1 is 1.29 bits per heavy atom. The van der Waals surface area contributed by atoms with Gasteiger partial charge in [0.25, 0.3) is 0 Å². The van der Waals surface area contributed by atoms with Gasteiger partial charge in [-0.25, -0.2) is 8.78 Å². The molecule has 0 bridgehead atoms. The van der Waals surface area contributed by atoms with Gasteiger partial charge in [-0.3, -0.25) is 0 Å². The molecule has 2 rings (SSSR count). The Labute approximate surface area is 124 Å². The van der Waals surface area contributed by atoms with Crippen LogP contribution >= 0.6 is 0 Å². The van der Waals surface area contributed by atoms with Crippen LogP contribution in [0.15, 0.2) is 18.2 Å². The second kappa shape index (κ2) is 7.29. The topological polar surface area (TPSA) is 30.5 Å². The molecule has 1 aliphatic rings. The second-order valence-electron chi connectivity index (χ2n) is 5.40. The summed E-state index contributed by atoms with van der Waals surface area (Å²) < 4.78 is 37.9. The number of hydrogen-bond acceptors (Lipinski definition) is 3. The van der Waals surface area contributed by atoms with E-state index < -0.39 is 11.6 Å². The quantitative estimate of drug-likeness (QED) is 0.876. The zero-order chi connectivity index (χ0) is 15.3. The molecule has 0 aromatic heterocycles. The van der Waals surface area contributed by atoms with Gasteiger partial charge in [0.15, 0.2) is 11.6 Å². The van der Waals surface area contributed by atoms with Crippen molar-refractivity contribution in [3.05, 3.63) is 35.4 Å². The van der Waals surface area contributed by atoms with Gasteiger partial charge in [0.1, 0.15) is 0 Å². The molecule has 1 fully saturated rings. The summed E-state index contributed by atoms with van der Waals surface area (Å²) in [5.41, 5.74) is 0.450. The van der Waals surface area contributed by atoms with E-state index in [1.54, 1.807) is 6.07 Å². The van der Waals surface area contributed by atoms with E-state index in [4.69, 9.17) is 9.47 Å². The van der Waals surface area contributed by atoms with E-state index in [-0.39, 0.29) is 11.6 Å². The molecule has 0 radical (unpaired) electrons. The third-order valence-electron chi connectivity index (χ3n) is 4.18. The fourth-order valence-corrected chi connectivity index (χ4v) is 3.05. The van der Waals surface area contributed by atoms with Gasteiger partial charge in [-0.1, -0.05) is 6.07 Å². The van der Waals surface area contributed by atoms with Crippen LogP contribution in [-0.2, 0) is 15.9 Å². The first-order chi connectivity index (χ1) is 10.1. The molecule has 1 saturated heterocycles. The van der Waals surface area contributed by atoms with Crippen molar-refractivity contribution >= 4 is 0 Å². The summed E-state index contributed by atoms with van der Waals surface area (Å²) in [7, 11) is 1.88. The molecular weight excluding hydrogens is 276 g/mol. The van der Waals surface area contributed by atoms with Crippen LogP contribution in [0.2, 0.25) is 0 Å². The van der Waals surface area contributed by atoms with Gasteiger partial charge < -0.3 is 14.8 Å². The summed E-state index contributed by atoms with van der Waals surface area (Å²) in [5.74, 6) is -1.62. The molecular formula is C16H23F2NO2. The van der Waals surface area contributed by atoms with Crippen molar-refractivity contribution in [3.8, 4) is 0 Å². The number of benzene rings is 1. The molecule has 0 aliphatic carbocycles. The van der Waals surface area contributed by atoms with Gasteiger partial charge in [-0.15, -0.1) is 0 Å². The molecule has 0 amide bonds. The lowest BCUT2D eigenvalue weighted by Crippen LogP contribution is -2.55. The lowest BCUT2D eigenvalue weighted by atomic mass is 9.82. The highest BCUT2D eigenvalue weighted by Crippen LogP contribution is 2.31. The Morgan fingerprint density at radius 2 is 2.00 bits per heavy atom. The Morgan fingerprint density at radius 3 is 2.57 bits per heavy atom. The first kappa shape index (κ1) is 16.3. The van der Waals surface area contributed by atoms with E-state index in [0.717, 1.165) is 18.4 Å². The van der Waals surface area contributed by atoms with E-state index in [1.807, 2.05) is 14.0 Å². The summed E-state index contributed by atoms with van der Waals surface area (Å²) in [5, 5.41) is 3.28. The summed E-state index contributed by atoms with van der Waals surface area (Å²) >= 11 is 0. The second-order valence-corrected chi connectivity index (χ2v) is 5.40. The molecule has 1 heterocycles. The van der Waals surface area contributed by atoms with Gasteiger partial charge in [-0.2, -0.15) is 0 Å². The molecule has 3 nitrogen and oxygen atoms in total. The number of halogens is 2. The maximum Gasteiger partial charge on any atom is 0.159 e. The summed E-state index contributed by atoms with van der Waals surface area (Å²) in [6.07, 6.45) is 2.19. The molecule has 0 spiro atoms. The third kappa shape index (κ3) is 3.78. The lowest BCUT2D eigenvalue weighted by Gasteiger charge is -2.43. The highest BCUT2D eigenvalue weighted by molar-refractivity contribution is 5.20. The number of rotatable bonds is 6. The third-order valence-corrected chi connectivity index (χ3v) is 4.18. The zero-order valence-corrected chi connectivity index (χ0v) is 12.6. The molecule has 118 valence electrons. The minimum absolute atomic E-state index is 0.0335. The van der Waals surface area contributed by atoms with Gasteiger partial charge in [0.05, 0.1) is 5.60 Å². The monoisotopic (exact) mass is 299 g/mol. The molecule has 1 aliphatic heterocycles. The van der Waals surface area contributed by atoms with Gasteiger partial charge in [0.2, 0.25) is 0 Å². The van der Waals surface area contributed by atoms with Crippen LogP contribution in [0.3, 0.4) is 0 Å². The Balaban J connectivity index is 2.17. The van der Waals surface area contributed by atoms with Crippen molar-refractivity contribution in [1.82, 2.24) is 5.32 Å². The fraction of sp³-hybridized carbons (Fsp3) is 0.625. The number of nitrogens with one attached hydrogen (secondary N) is 1. The predicted octanol–water partition coefficient (Wildman–Crippen LogP) is 2.68.